The first-order chi connectivity index (χ1) is 11.8. The molecular formula is C17H24N6O. The molecule has 0 aliphatic carbocycles. The van der Waals surface area contributed by atoms with Crippen molar-refractivity contribution in [2.75, 3.05) is 5.73 Å². The summed E-state index contributed by atoms with van der Waals surface area (Å²) in [6, 6.07) is 3.64. The van der Waals surface area contributed by atoms with E-state index < -0.39 is 0 Å². The van der Waals surface area contributed by atoms with E-state index in [-0.39, 0.29) is 0 Å². The molecule has 0 radical (unpaired) electrons. The summed E-state index contributed by atoms with van der Waals surface area (Å²) < 4.78 is 7.14. The Morgan fingerprint density at radius 2 is 2.04 bits per heavy atom. The van der Waals surface area contributed by atoms with Gasteiger partial charge in [-0.1, -0.05) is 39.0 Å². The minimum Gasteiger partial charge on any atom is -0.461 e. The number of aromatic amines is 1. The molecule has 7 heteroatoms. The van der Waals surface area contributed by atoms with Crippen molar-refractivity contribution in [2.24, 2.45) is 0 Å². The van der Waals surface area contributed by atoms with Gasteiger partial charge in [0.15, 0.2) is 17.4 Å². The highest BCUT2D eigenvalue weighted by Gasteiger charge is 2.15. The van der Waals surface area contributed by atoms with Crippen LogP contribution in [0.15, 0.2) is 29.0 Å². The average Bonchev–Trinajstić information content (AvgIpc) is 3.31. The number of H-pyrrole nitrogens is 1. The van der Waals surface area contributed by atoms with Gasteiger partial charge in [-0.3, -0.25) is 5.10 Å². The second kappa shape index (κ2) is 7.81. The molecular weight excluding hydrogens is 304 g/mol. The topological polar surface area (TPSA) is 98.5 Å². The summed E-state index contributed by atoms with van der Waals surface area (Å²) in [4.78, 5) is 4.43. The zero-order valence-electron chi connectivity index (χ0n) is 14.0. The minimum atomic E-state index is 0.535. The molecule has 0 aliphatic heterocycles. The highest BCUT2D eigenvalue weighted by Crippen LogP contribution is 2.25. The zero-order valence-corrected chi connectivity index (χ0v) is 14.0. The van der Waals surface area contributed by atoms with E-state index in [4.69, 9.17) is 10.2 Å². The van der Waals surface area contributed by atoms with E-state index in [2.05, 4.69) is 27.2 Å². The van der Waals surface area contributed by atoms with Gasteiger partial charge in [-0.05, 0) is 18.6 Å². The number of rotatable bonds is 9. The molecule has 24 heavy (non-hydrogen) atoms. The molecule has 3 aromatic heterocycles. The number of hydrogen-bond donors (Lipinski definition) is 2. The van der Waals surface area contributed by atoms with Gasteiger partial charge in [0.25, 0.3) is 0 Å². The number of nitrogens with two attached hydrogens (primary N) is 1. The lowest BCUT2D eigenvalue weighted by Crippen LogP contribution is -2.05. The number of aryl methyl sites for hydroxylation is 1. The Morgan fingerprint density at radius 1 is 1.21 bits per heavy atom. The number of unbranched alkanes of at least 4 members (excludes halogenated alkanes) is 5. The summed E-state index contributed by atoms with van der Waals surface area (Å²) in [5, 5.41) is 11.5. The molecule has 0 fully saturated rings. The van der Waals surface area contributed by atoms with E-state index in [1.807, 2.05) is 16.8 Å². The summed E-state index contributed by atoms with van der Waals surface area (Å²) in [5.74, 6) is 2.37. The maximum absolute atomic E-state index is 6.21. The normalized spacial score (nSPS) is 11.2. The molecule has 3 heterocycles. The predicted octanol–water partition coefficient (Wildman–Crippen LogP) is 3.87. The van der Waals surface area contributed by atoms with Crippen LogP contribution in [0.25, 0.3) is 23.0 Å². The van der Waals surface area contributed by atoms with Crippen LogP contribution in [0.5, 0.6) is 0 Å². The van der Waals surface area contributed by atoms with Crippen LogP contribution in [-0.4, -0.2) is 25.0 Å². The number of nitrogens with zero attached hydrogens (tertiary/aromatic N) is 4. The third-order valence-electron chi connectivity index (χ3n) is 4.08. The largest absolute Gasteiger partial charge is 0.461 e. The summed E-state index contributed by atoms with van der Waals surface area (Å²) in [7, 11) is 0. The molecule has 0 amide bonds. The molecule has 0 aromatic carbocycles. The third-order valence-corrected chi connectivity index (χ3v) is 4.08. The van der Waals surface area contributed by atoms with Crippen molar-refractivity contribution < 1.29 is 4.42 Å². The Kier molecular flexibility index (Phi) is 5.30. The molecule has 7 nitrogen and oxygen atoms in total. The lowest BCUT2D eigenvalue weighted by atomic mass is 10.1. The number of furan rings is 1. The second-order valence-corrected chi connectivity index (χ2v) is 5.92. The lowest BCUT2D eigenvalue weighted by molar-refractivity contribution is 0.532. The smallest absolute Gasteiger partial charge is 0.192 e. The van der Waals surface area contributed by atoms with Crippen molar-refractivity contribution in [3.05, 3.63) is 24.6 Å². The Bertz CT molecular complexity index is 743. The van der Waals surface area contributed by atoms with Crippen LogP contribution in [0.4, 0.5) is 5.82 Å². The van der Waals surface area contributed by atoms with E-state index in [1.165, 1.54) is 32.1 Å². The maximum atomic E-state index is 6.21. The highest BCUT2D eigenvalue weighted by atomic mass is 16.3. The molecule has 0 spiro atoms. The maximum Gasteiger partial charge on any atom is 0.192 e. The van der Waals surface area contributed by atoms with Gasteiger partial charge in [0.05, 0.1) is 18.0 Å². The summed E-state index contributed by atoms with van der Waals surface area (Å²) >= 11 is 0. The Labute approximate surface area is 141 Å². The van der Waals surface area contributed by atoms with Crippen LogP contribution < -0.4 is 5.73 Å². The third kappa shape index (κ3) is 3.67. The number of aromatic nitrogens is 5. The van der Waals surface area contributed by atoms with Gasteiger partial charge in [-0.15, -0.1) is 0 Å². The van der Waals surface area contributed by atoms with Crippen LogP contribution in [-0.2, 0) is 6.54 Å². The Hall–Kier alpha value is -2.57. The molecule has 0 bridgehead atoms. The fourth-order valence-corrected chi connectivity index (χ4v) is 2.69. The summed E-state index contributed by atoms with van der Waals surface area (Å²) in [6.45, 7) is 3.06. The molecule has 3 N–H and O–H groups in total. The molecule has 3 rings (SSSR count). The first kappa shape index (κ1) is 16.3. The van der Waals surface area contributed by atoms with Crippen molar-refractivity contribution in [2.45, 2.75) is 52.0 Å². The molecule has 0 atom stereocenters. The van der Waals surface area contributed by atoms with E-state index in [1.54, 1.807) is 12.5 Å². The SMILES string of the molecule is CCCCCCCCn1ncc(-c2n[nH]c(-c3ccco3)n2)c1N. The first-order valence-electron chi connectivity index (χ1n) is 8.57. The average molecular weight is 328 g/mol. The number of nitrogens with one attached hydrogen (secondary N) is 1. The van der Waals surface area contributed by atoms with Crippen molar-refractivity contribution in [1.82, 2.24) is 25.0 Å². The highest BCUT2D eigenvalue weighted by molar-refractivity contribution is 5.68. The van der Waals surface area contributed by atoms with Gasteiger partial charge >= 0.3 is 0 Å². The van der Waals surface area contributed by atoms with Crippen molar-refractivity contribution in [3.63, 3.8) is 0 Å². The van der Waals surface area contributed by atoms with Gasteiger partial charge in [0.2, 0.25) is 0 Å². The van der Waals surface area contributed by atoms with Crippen LogP contribution in [0.2, 0.25) is 0 Å². The molecule has 0 unspecified atom stereocenters. The Balaban J connectivity index is 1.60. The van der Waals surface area contributed by atoms with Crippen molar-refractivity contribution in [1.29, 1.82) is 0 Å². The molecule has 0 saturated heterocycles. The van der Waals surface area contributed by atoms with Crippen LogP contribution in [0.1, 0.15) is 45.4 Å². The van der Waals surface area contributed by atoms with Crippen molar-refractivity contribution in [3.8, 4) is 23.0 Å². The van der Waals surface area contributed by atoms with Crippen LogP contribution in [0, 0.1) is 0 Å². The fraction of sp³-hybridized carbons (Fsp3) is 0.471. The van der Waals surface area contributed by atoms with E-state index in [0.717, 1.165) is 18.5 Å². The Morgan fingerprint density at radius 3 is 2.83 bits per heavy atom. The van der Waals surface area contributed by atoms with Gasteiger partial charge in [-0.25, -0.2) is 9.67 Å². The van der Waals surface area contributed by atoms with E-state index in [9.17, 15) is 0 Å². The lowest BCUT2D eigenvalue weighted by Gasteiger charge is -2.04. The fourth-order valence-electron chi connectivity index (χ4n) is 2.69. The summed E-state index contributed by atoms with van der Waals surface area (Å²) in [6.07, 6.45) is 10.8. The molecule has 0 saturated carbocycles. The molecule has 128 valence electrons. The van der Waals surface area contributed by atoms with Gasteiger partial charge in [-0.2, -0.15) is 10.2 Å². The van der Waals surface area contributed by atoms with Crippen LogP contribution >= 0.6 is 0 Å². The van der Waals surface area contributed by atoms with E-state index >= 15 is 0 Å². The van der Waals surface area contributed by atoms with Crippen molar-refractivity contribution >= 4 is 5.82 Å². The number of hydrogen-bond acceptors (Lipinski definition) is 5. The predicted molar refractivity (Wildman–Crippen MR) is 93.1 cm³/mol. The number of anilines is 1. The molecule has 3 aromatic rings. The van der Waals surface area contributed by atoms with Gasteiger partial charge in [0, 0.05) is 6.54 Å². The van der Waals surface area contributed by atoms with Gasteiger partial charge in [0.1, 0.15) is 5.82 Å². The quantitative estimate of drug-likeness (QED) is 0.581. The first-order valence-corrected chi connectivity index (χ1v) is 8.57. The molecule has 0 aliphatic rings. The zero-order chi connectivity index (χ0) is 16.8. The number of nitrogen functional groups attached to an aromatic ring is 1. The van der Waals surface area contributed by atoms with E-state index in [0.29, 0.717) is 23.2 Å². The van der Waals surface area contributed by atoms with Gasteiger partial charge < -0.3 is 10.2 Å². The standard InChI is InChI=1S/C17H24N6O/c1-2-3-4-5-6-7-10-23-15(18)13(12-19-23)16-20-17(22-21-16)14-9-8-11-24-14/h8-9,11-12H,2-7,10,18H2,1H3,(H,20,21,22). The second-order valence-electron chi connectivity index (χ2n) is 5.92. The minimum absolute atomic E-state index is 0.535. The monoisotopic (exact) mass is 328 g/mol. The summed E-state index contributed by atoms with van der Waals surface area (Å²) in [5.41, 5.74) is 6.95. The van der Waals surface area contributed by atoms with Crippen LogP contribution in [0.3, 0.4) is 0 Å².